The smallest absolute Gasteiger partial charge is 0.422 e. The minimum Gasteiger partial charge on any atom is -0.482 e. The van der Waals surface area contributed by atoms with Crippen LogP contribution in [0.5, 0.6) is 5.75 Å². The van der Waals surface area contributed by atoms with Crippen LogP contribution in [0.2, 0.25) is 0 Å². The van der Waals surface area contributed by atoms with Crippen LogP contribution in [0.3, 0.4) is 0 Å². The number of carbonyl (C=O) groups excluding carboxylic acids is 2. The number of anilines is 2. The fourth-order valence-corrected chi connectivity index (χ4v) is 1.90. The quantitative estimate of drug-likeness (QED) is 0.769. The van der Waals surface area contributed by atoms with Crippen LogP contribution in [0.25, 0.3) is 0 Å². The number of para-hydroxylation sites is 2. The van der Waals surface area contributed by atoms with E-state index < -0.39 is 24.7 Å². The van der Waals surface area contributed by atoms with Crippen molar-refractivity contribution in [3.05, 3.63) is 54.1 Å². The zero-order valence-corrected chi connectivity index (χ0v) is 12.8. The number of amides is 3. The summed E-state index contributed by atoms with van der Waals surface area (Å²) in [5.74, 6) is -0.645. The van der Waals surface area contributed by atoms with Crippen LogP contribution >= 0.6 is 0 Å². The Kier molecular flexibility index (Phi) is 5.48. The molecule has 0 aliphatic rings. The standard InChI is InChI=1S/C16H14F3N3O3/c17-16(18,19)9-25-13-4-2-1-3-12(13)22-14(23)10-5-7-11(8-6-10)21-15(20)24/h1-8H,9H2,(H,22,23)(H3,20,21,24). The normalized spacial score (nSPS) is 10.8. The molecule has 25 heavy (non-hydrogen) atoms. The second-order valence-corrected chi connectivity index (χ2v) is 4.92. The Labute approximate surface area is 140 Å². The molecule has 2 aromatic rings. The van der Waals surface area contributed by atoms with Gasteiger partial charge in [-0.05, 0) is 36.4 Å². The zero-order valence-electron chi connectivity index (χ0n) is 12.8. The average Bonchev–Trinajstić information content (AvgIpc) is 2.53. The van der Waals surface area contributed by atoms with Crippen LogP contribution in [0, 0.1) is 0 Å². The first kappa shape index (κ1) is 18.1. The maximum Gasteiger partial charge on any atom is 0.422 e. The number of ether oxygens (including phenoxy) is 1. The van der Waals surface area contributed by atoms with Crippen molar-refractivity contribution in [3.8, 4) is 5.75 Å². The minimum atomic E-state index is -4.49. The highest BCUT2D eigenvalue weighted by atomic mass is 19.4. The highest BCUT2D eigenvalue weighted by Gasteiger charge is 2.28. The topological polar surface area (TPSA) is 93.5 Å². The second kappa shape index (κ2) is 7.56. The molecule has 3 amide bonds. The summed E-state index contributed by atoms with van der Waals surface area (Å²) in [7, 11) is 0. The summed E-state index contributed by atoms with van der Waals surface area (Å²) in [6.45, 7) is -1.46. The summed E-state index contributed by atoms with van der Waals surface area (Å²) in [6.07, 6.45) is -4.49. The van der Waals surface area contributed by atoms with Gasteiger partial charge in [-0.15, -0.1) is 0 Å². The van der Waals surface area contributed by atoms with Gasteiger partial charge in [0.1, 0.15) is 5.75 Å². The first-order valence-electron chi connectivity index (χ1n) is 7.01. The molecule has 2 rings (SSSR count). The molecule has 0 aromatic heterocycles. The summed E-state index contributed by atoms with van der Waals surface area (Å²) in [4.78, 5) is 22.9. The molecule has 0 atom stereocenters. The lowest BCUT2D eigenvalue weighted by Gasteiger charge is -2.14. The largest absolute Gasteiger partial charge is 0.482 e. The lowest BCUT2D eigenvalue weighted by Crippen LogP contribution is -2.20. The number of primary amides is 1. The molecule has 0 saturated heterocycles. The van der Waals surface area contributed by atoms with Gasteiger partial charge in [0.05, 0.1) is 5.69 Å². The van der Waals surface area contributed by atoms with Gasteiger partial charge in [-0.3, -0.25) is 4.79 Å². The minimum absolute atomic E-state index is 0.0970. The zero-order chi connectivity index (χ0) is 18.4. The number of nitrogens with one attached hydrogen (secondary N) is 2. The molecule has 0 bridgehead atoms. The van der Waals surface area contributed by atoms with Gasteiger partial charge in [0, 0.05) is 11.3 Å². The van der Waals surface area contributed by atoms with Crippen LogP contribution < -0.4 is 21.1 Å². The van der Waals surface area contributed by atoms with Crippen molar-refractivity contribution in [1.29, 1.82) is 0 Å². The Hall–Kier alpha value is -3.23. The lowest BCUT2D eigenvalue weighted by molar-refractivity contribution is -0.153. The van der Waals surface area contributed by atoms with Gasteiger partial charge in [-0.2, -0.15) is 13.2 Å². The predicted molar refractivity (Wildman–Crippen MR) is 85.6 cm³/mol. The Morgan fingerprint density at radius 2 is 1.64 bits per heavy atom. The van der Waals surface area contributed by atoms with E-state index in [1.54, 1.807) is 6.07 Å². The van der Waals surface area contributed by atoms with Crippen molar-refractivity contribution < 1.29 is 27.5 Å². The number of hydrogen-bond acceptors (Lipinski definition) is 3. The highest BCUT2D eigenvalue weighted by Crippen LogP contribution is 2.26. The molecule has 0 aliphatic heterocycles. The lowest BCUT2D eigenvalue weighted by atomic mass is 10.2. The molecule has 9 heteroatoms. The molecule has 132 valence electrons. The molecular weight excluding hydrogens is 339 g/mol. The molecular formula is C16H14F3N3O3. The molecule has 0 radical (unpaired) electrons. The average molecular weight is 353 g/mol. The van der Waals surface area contributed by atoms with Gasteiger partial charge in [-0.25, -0.2) is 4.79 Å². The fourth-order valence-electron chi connectivity index (χ4n) is 1.90. The number of rotatable bonds is 5. The molecule has 0 unspecified atom stereocenters. The monoisotopic (exact) mass is 353 g/mol. The third-order valence-electron chi connectivity index (χ3n) is 2.94. The van der Waals surface area contributed by atoms with Crippen molar-refractivity contribution in [3.63, 3.8) is 0 Å². The maximum absolute atomic E-state index is 12.3. The first-order valence-corrected chi connectivity index (χ1v) is 7.01. The van der Waals surface area contributed by atoms with Crippen molar-refractivity contribution >= 4 is 23.3 Å². The first-order chi connectivity index (χ1) is 11.7. The summed E-state index contributed by atoms with van der Waals surface area (Å²) < 4.78 is 41.5. The SMILES string of the molecule is NC(=O)Nc1ccc(C(=O)Nc2ccccc2OCC(F)(F)F)cc1. The fraction of sp³-hybridized carbons (Fsp3) is 0.125. The molecule has 0 saturated carbocycles. The van der Waals surface area contributed by atoms with E-state index in [2.05, 4.69) is 10.6 Å². The van der Waals surface area contributed by atoms with Crippen LogP contribution in [0.15, 0.2) is 48.5 Å². The predicted octanol–water partition coefficient (Wildman–Crippen LogP) is 3.37. The van der Waals surface area contributed by atoms with Gasteiger partial charge in [0.25, 0.3) is 5.91 Å². The summed E-state index contributed by atoms with van der Waals surface area (Å²) >= 11 is 0. The van der Waals surface area contributed by atoms with Gasteiger partial charge in [0.2, 0.25) is 0 Å². The van der Waals surface area contributed by atoms with E-state index in [0.29, 0.717) is 5.69 Å². The van der Waals surface area contributed by atoms with E-state index in [1.807, 2.05) is 0 Å². The van der Waals surface area contributed by atoms with Gasteiger partial charge >= 0.3 is 12.2 Å². The van der Waals surface area contributed by atoms with Crippen LogP contribution in [0.4, 0.5) is 29.3 Å². The van der Waals surface area contributed by atoms with Crippen LogP contribution in [0.1, 0.15) is 10.4 Å². The van der Waals surface area contributed by atoms with Crippen molar-refractivity contribution in [2.45, 2.75) is 6.18 Å². The molecule has 0 aliphatic carbocycles. The Morgan fingerprint density at radius 3 is 2.24 bits per heavy atom. The summed E-state index contributed by atoms with van der Waals surface area (Å²) in [5.41, 5.74) is 5.72. The van der Waals surface area contributed by atoms with Crippen LogP contribution in [-0.4, -0.2) is 24.7 Å². The van der Waals surface area contributed by atoms with E-state index >= 15 is 0 Å². The Bertz CT molecular complexity index is 761. The summed E-state index contributed by atoms with van der Waals surface area (Å²) in [6, 6.07) is 10.8. The molecule has 0 heterocycles. The number of halogens is 3. The van der Waals surface area contributed by atoms with E-state index in [1.165, 1.54) is 42.5 Å². The molecule has 4 N–H and O–H groups in total. The van der Waals surface area contributed by atoms with Gasteiger partial charge < -0.3 is 21.1 Å². The van der Waals surface area contributed by atoms with E-state index in [4.69, 9.17) is 10.5 Å². The highest BCUT2D eigenvalue weighted by molar-refractivity contribution is 6.05. The molecule has 2 aromatic carbocycles. The number of hydrogen-bond donors (Lipinski definition) is 3. The third kappa shape index (κ3) is 5.72. The number of alkyl halides is 3. The van der Waals surface area contributed by atoms with Crippen molar-refractivity contribution in [1.82, 2.24) is 0 Å². The van der Waals surface area contributed by atoms with Crippen LogP contribution in [-0.2, 0) is 0 Å². The number of nitrogens with two attached hydrogens (primary N) is 1. The third-order valence-corrected chi connectivity index (χ3v) is 2.94. The molecule has 0 spiro atoms. The van der Waals surface area contributed by atoms with Crippen molar-refractivity contribution in [2.24, 2.45) is 5.73 Å². The van der Waals surface area contributed by atoms with E-state index in [-0.39, 0.29) is 17.0 Å². The number of carbonyl (C=O) groups is 2. The molecule has 0 fully saturated rings. The second-order valence-electron chi connectivity index (χ2n) is 4.92. The van der Waals surface area contributed by atoms with Gasteiger partial charge in [0.15, 0.2) is 6.61 Å². The maximum atomic E-state index is 12.3. The van der Waals surface area contributed by atoms with Crippen molar-refractivity contribution in [2.75, 3.05) is 17.2 Å². The van der Waals surface area contributed by atoms with E-state index in [0.717, 1.165) is 0 Å². The molecule has 6 nitrogen and oxygen atoms in total. The number of urea groups is 1. The number of benzene rings is 2. The Balaban J connectivity index is 2.08. The van der Waals surface area contributed by atoms with E-state index in [9.17, 15) is 22.8 Å². The summed E-state index contributed by atoms with van der Waals surface area (Å²) in [5, 5.41) is 4.82. The Morgan fingerprint density at radius 1 is 1.00 bits per heavy atom. The van der Waals surface area contributed by atoms with Gasteiger partial charge in [-0.1, -0.05) is 12.1 Å².